The Morgan fingerprint density at radius 1 is 1.44 bits per heavy atom. The predicted molar refractivity (Wildman–Crippen MR) is 61.5 cm³/mol. The van der Waals surface area contributed by atoms with Crippen molar-refractivity contribution in [2.45, 2.75) is 13.3 Å². The Labute approximate surface area is 98.5 Å². The Balaban J connectivity index is 2.63. The van der Waals surface area contributed by atoms with Crippen molar-refractivity contribution in [1.29, 1.82) is 0 Å². The summed E-state index contributed by atoms with van der Waals surface area (Å²) < 4.78 is 4.38. The number of carbonyl (C=O) groups is 2. The van der Waals surface area contributed by atoms with Crippen molar-refractivity contribution in [2.24, 2.45) is 0 Å². The molecule has 5 heteroatoms. The zero-order valence-electron chi connectivity index (χ0n) is 9.04. The van der Waals surface area contributed by atoms with Crippen LogP contribution >= 0.6 is 11.6 Å². The van der Waals surface area contributed by atoms with Crippen LogP contribution in [0.3, 0.4) is 0 Å². The lowest BCUT2D eigenvalue weighted by Gasteiger charge is -2.05. The highest BCUT2D eigenvalue weighted by atomic mass is 35.5. The fourth-order valence-electron chi connectivity index (χ4n) is 1.08. The smallest absolute Gasteiger partial charge is 0.315 e. The van der Waals surface area contributed by atoms with E-state index in [0.29, 0.717) is 10.7 Å². The van der Waals surface area contributed by atoms with Gasteiger partial charge in [-0.3, -0.25) is 9.59 Å². The number of hydrogen-bond donors (Lipinski definition) is 1. The van der Waals surface area contributed by atoms with Crippen LogP contribution in [0.15, 0.2) is 18.2 Å². The fraction of sp³-hybridized carbons (Fsp3) is 0.273. The van der Waals surface area contributed by atoms with Crippen LogP contribution in [-0.2, 0) is 14.3 Å². The number of anilines is 1. The minimum atomic E-state index is -0.573. The van der Waals surface area contributed by atoms with Gasteiger partial charge in [0.25, 0.3) is 0 Å². The maximum Gasteiger partial charge on any atom is 0.315 e. The van der Waals surface area contributed by atoms with E-state index >= 15 is 0 Å². The van der Waals surface area contributed by atoms with Crippen molar-refractivity contribution in [1.82, 2.24) is 0 Å². The maximum absolute atomic E-state index is 11.3. The first kappa shape index (κ1) is 12.5. The van der Waals surface area contributed by atoms with E-state index in [0.717, 1.165) is 5.56 Å². The van der Waals surface area contributed by atoms with Crippen molar-refractivity contribution in [3.63, 3.8) is 0 Å². The molecule has 0 aliphatic heterocycles. The second kappa shape index (κ2) is 5.51. The molecule has 0 aromatic heterocycles. The number of rotatable bonds is 3. The van der Waals surface area contributed by atoms with Crippen molar-refractivity contribution in [3.8, 4) is 0 Å². The molecule has 86 valence electrons. The molecule has 0 saturated carbocycles. The molecule has 0 atom stereocenters. The molecule has 4 nitrogen and oxygen atoms in total. The van der Waals surface area contributed by atoms with Gasteiger partial charge in [-0.1, -0.05) is 17.7 Å². The Hall–Kier alpha value is -1.55. The molecule has 1 rings (SSSR count). The molecule has 0 radical (unpaired) electrons. The number of methoxy groups -OCH3 is 1. The molecule has 0 fully saturated rings. The number of aryl methyl sites for hydroxylation is 1. The molecule has 0 bridgehead atoms. The molecule has 0 heterocycles. The van der Waals surface area contributed by atoms with Gasteiger partial charge in [-0.05, 0) is 24.6 Å². The highest BCUT2D eigenvalue weighted by molar-refractivity contribution is 6.31. The first-order chi connectivity index (χ1) is 7.52. The molecule has 0 aliphatic carbocycles. The summed E-state index contributed by atoms with van der Waals surface area (Å²) in [5.74, 6) is -0.998. The van der Waals surface area contributed by atoms with Gasteiger partial charge >= 0.3 is 5.97 Å². The van der Waals surface area contributed by atoms with Crippen molar-refractivity contribution < 1.29 is 14.3 Å². The monoisotopic (exact) mass is 241 g/mol. The van der Waals surface area contributed by atoms with Crippen LogP contribution in [0.1, 0.15) is 12.0 Å². The number of esters is 1. The molecule has 1 aromatic carbocycles. The molecule has 0 saturated heterocycles. The number of carbonyl (C=O) groups excluding carboxylic acids is 2. The van der Waals surface area contributed by atoms with Crippen LogP contribution < -0.4 is 5.32 Å². The number of ether oxygens (including phenoxy) is 1. The maximum atomic E-state index is 11.3. The Bertz CT molecular complexity index is 418. The van der Waals surface area contributed by atoms with Crippen LogP contribution in [0, 0.1) is 6.92 Å². The summed E-state index contributed by atoms with van der Waals surface area (Å²) in [5, 5.41) is 3.12. The Morgan fingerprint density at radius 3 is 2.69 bits per heavy atom. The third-order valence-corrected chi connectivity index (χ3v) is 2.40. The predicted octanol–water partition coefficient (Wildman–Crippen LogP) is 2.15. The lowest BCUT2D eigenvalue weighted by Crippen LogP contribution is -2.17. The third kappa shape index (κ3) is 3.55. The zero-order valence-corrected chi connectivity index (χ0v) is 9.80. The minimum absolute atomic E-state index is 0.304. The highest BCUT2D eigenvalue weighted by Gasteiger charge is 2.09. The number of halogens is 1. The summed E-state index contributed by atoms with van der Waals surface area (Å²) in [4.78, 5) is 22.1. The number of hydrogen-bond acceptors (Lipinski definition) is 3. The Kier molecular flexibility index (Phi) is 4.31. The molecule has 1 amide bonds. The summed E-state index contributed by atoms with van der Waals surface area (Å²) in [6, 6.07) is 5.14. The minimum Gasteiger partial charge on any atom is -0.469 e. The van der Waals surface area contributed by atoms with Crippen molar-refractivity contribution >= 4 is 29.2 Å². The van der Waals surface area contributed by atoms with Gasteiger partial charge < -0.3 is 10.1 Å². The molecule has 1 aromatic rings. The molecular weight excluding hydrogens is 230 g/mol. The van der Waals surface area contributed by atoms with Crippen molar-refractivity contribution in [3.05, 3.63) is 28.8 Å². The molecule has 16 heavy (non-hydrogen) atoms. The average molecular weight is 242 g/mol. The number of amides is 1. The van der Waals surface area contributed by atoms with E-state index in [9.17, 15) is 9.59 Å². The first-order valence-corrected chi connectivity index (χ1v) is 5.03. The first-order valence-electron chi connectivity index (χ1n) is 4.65. The van der Waals surface area contributed by atoms with Gasteiger partial charge in [0.15, 0.2) is 0 Å². The van der Waals surface area contributed by atoms with Gasteiger partial charge in [0, 0.05) is 10.7 Å². The van der Waals surface area contributed by atoms with Gasteiger partial charge in [0.1, 0.15) is 6.42 Å². The normalized spacial score (nSPS) is 9.69. The average Bonchev–Trinajstić information content (AvgIpc) is 2.23. The van der Waals surface area contributed by atoms with E-state index < -0.39 is 11.9 Å². The van der Waals surface area contributed by atoms with E-state index in [4.69, 9.17) is 11.6 Å². The molecule has 1 N–H and O–H groups in total. The SMILES string of the molecule is COC(=O)CC(=O)Nc1ccc(C)c(Cl)c1. The molecule has 0 aliphatic rings. The van der Waals surface area contributed by atoms with Crippen LogP contribution in [0.5, 0.6) is 0 Å². The van der Waals surface area contributed by atoms with Crippen LogP contribution in [0.2, 0.25) is 5.02 Å². The fourth-order valence-corrected chi connectivity index (χ4v) is 1.26. The van der Waals surface area contributed by atoms with Crippen LogP contribution in [0.25, 0.3) is 0 Å². The molecular formula is C11H12ClNO3. The van der Waals surface area contributed by atoms with E-state index in [1.54, 1.807) is 18.2 Å². The van der Waals surface area contributed by atoms with Gasteiger partial charge in [-0.25, -0.2) is 0 Å². The summed E-state index contributed by atoms with van der Waals surface area (Å²) in [6.07, 6.45) is -0.304. The standard InChI is InChI=1S/C11H12ClNO3/c1-7-3-4-8(5-9(7)12)13-10(14)6-11(15)16-2/h3-5H,6H2,1-2H3,(H,13,14). The van der Waals surface area contributed by atoms with E-state index in [-0.39, 0.29) is 6.42 Å². The lowest BCUT2D eigenvalue weighted by molar-refractivity contribution is -0.142. The summed E-state index contributed by atoms with van der Waals surface area (Å²) in [6.45, 7) is 1.86. The quantitative estimate of drug-likeness (QED) is 0.652. The van der Waals surface area contributed by atoms with Gasteiger partial charge in [0.05, 0.1) is 7.11 Å². The van der Waals surface area contributed by atoms with Gasteiger partial charge in [0.2, 0.25) is 5.91 Å². The Morgan fingerprint density at radius 2 is 2.12 bits per heavy atom. The van der Waals surface area contributed by atoms with Crippen LogP contribution in [-0.4, -0.2) is 19.0 Å². The van der Waals surface area contributed by atoms with Crippen molar-refractivity contribution in [2.75, 3.05) is 12.4 Å². The second-order valence-electron chi connectivity index (χ2n) is 3.27. The second-order valence-corrected chi connectivity index (χ2v) is 3.67. The molecule has 0 unspecified atom stereocenters. The largest absolute Gasteiger partial charge is 0.469 e. The molecule has 0 spiro atoms. The van der Waals surface area contributed by atoms with E-state index in [1.807, 2.05) is 6.92 Å². The van der Waals surface area contributed by atoms with E-state index in [2.05, 4.69) is 10.1 Å². The zero-order chi connectivity index (χ0) is 12.1. The third-order valence-electron chi connectivity index (χ3n) is 1.99. The number of benzene rings is 1. The highest BCUT2D eigenvalue weighted by Crippen LogP contribution is 2.19. The summed E-state index contributed by atoms with van der Waals surface area (Å²) in [5.41, 5.74) is 1.48. The van der Waals surface area contributed by atoms with Crippen LogP contribution in [0.4, 0.5) is 5.69 Å². The van der Waals surface area contributed by atoms with E-state index in [1.165, 1.54) is 7.11 Å². The van der Waals surface area contributed by atoms with Gasteiger partial charge in [-0.15, -0.1) is 0 Å². The summed E-state index contributed by atoms with van der Waals surface area (Å²) in [7, 11) is 1.23. The number of nitrogens with one attached hydrogen (secondary N) is 1. The summed E-state index contributed by atoms with van der Waals surface area (Å²) >= 11 is 5.89. The topological polar surface area (TPSA) is 55.4 Å². The van der Waals surface area contributed by atoms with Gasteiger partial charge in [-0.2, -0.15) is 0 Å². The lowest BCUT2D eigenvalue weighted by atomic mass is 10.2.